The Morgan fingerprint density at radius 3 is 2.09 bits per heavy atom. The van der Waals surface area contributed by atoms with Crippen LogP contribution in [0.4, 0.5) is 4.39 Å². The Hall–Kier alpha value is -1.69. The maximum Gasteiger partial charge on any atom is 0.494 e. The average Bonchev–Trinajstić information content (AvgIpc) is 2.57. The standard InChI is InChI=1S/C17H18BFO3/c1-2-20-17-11-21-18(22-12-17)15-7-3-13(4-8-15)14-5-9-16(19)10-6-14/h3-10,17H,2,11-12H2,1H3. The molecule has 2 aromatic rings. The van der Waals surface area contributed by atoms with Crippen LogP contribution in [-0.2, 0) is 14.0 Å². The van der Waals surface area contributed by atoms with Gasteiger partial charge in [-0.3, -0.25) is 0 Å². The van der Waals surface area contributed by atoms with Gasteiger partial charge in [0.25, 0.3) is 0 Å². The lowest BCUT2D eigenvalue weighted by atomic mass is 9.77. The Labute approximate surface area is 130 Å². The first-order valence-corrected chi connectivity index (χ1v) is 7.47. The van der Waals surface area contributed by atoms with E-state index in [0.717, 1.165) is 16.6 Å². The molecule has 0 aromatic heterocycles. The molecule has 0 amide bonds. The molecule has 0 aliphatic carbocycles. The van der Waals surface area contributed by atoms with Gasteiger partial charge in [0, 0.05) is 6.61 Å². The van der Waals surface area contributed by atoms with Gasteiger partial charge in [-0.1, -0.05) is 36.4 Å². The summed E-state index contributed by atoms with van der Waals surface area (Å²) in [7, 11) is -0.348. The number of rotatable bonds is 4. The highest BCUT2D eigenvalue weighted by atomic mass is 19.1. The summed E-state index contributed by atoms with van der Waals surface area (Å²) in [4.78, 5) is 0. The van der Waals surface area contributed by atoms with Crippen LogP contribution in [-0.4, -0.2) is 33.0 Å². The van der Waals surface area contributed by atoms with Crippen LogP contribution in [0.1, 0.15) is 6.92 Å². The number of halogens is 1. The third-order valence-electron chi connectivity index (χ3n) is 3.63. The lowest BCUT2D eigenvalue weighted by Gasteiger charge is -2.27. The number of ether oxygens (including phenoxy) is 1. The van der Waals surface area contributed by atoms with Crippen molar-refractivity contribution in [2.45, 2.75) is 13.0 Å². The van der Waals surface area contributed by atoms with Crippen LogP contribution in [0.2, 0.25) is 0 Å². The number of benzene rings is 2. The van der Waals surface area contributed by atoms with Crippen molar-refractivity contribution in [2.75, 3.05) is 19.8 Å². The SMILES string of the molecule is CCOC1COB(c2ccc(-c3ccc(F)cc3)cc2)OC1. The van der Waals surface area contributed by atoms with Crippen molar-refractivity contribution in [2.24, 2.45) is 0 Å². The normalized spacial score (nSPS) is 16.0. The van der Waals surface area contributed by atoms with E-state index in [1.54, 1.807) is 12.1 Å². The van der Waals surface area contributed by atoms with Crippen LogP contribution in [0.25, 0.3) is 11.1 Å². The first-order chi connectivity index (χ1) is 10.8. The van der Waals surface area contributed by atoms with E-state index in [1.807, 2.05) is 31.2 Å². The lowest BCUT2D eigenvalue weighted by Crippen LogP contribution is -2.47. The minimum Gasteiger partial charge on any atom is -0.404 e. The molecule has 1 aliphatic heterocycles. The van der Waals surface area contributed by atoms with E-state index in [0.29, 0.717) is 19.8 Å². The zero-order valence-corrected chi connectivity index (χ0v) is 12.5. The first-order valence-electron chi connectivity index (χ1n) is 7.47. The van der Waals surface area contributed by atoms with Crippen LogP contribution in [0.15, 0.2) is 48.5 Å². The molecule has 1 aliphatic rings. The van der Waals surface area contributed by atoms with Gasteiger partial charge < -0.3 is 14.0 Å². The Morgan fingerprint density at radius 2 is 1.55 bits per heavy atom. The third kappa shape index (κ3) is 3.55. The van der Waals surface area contributed by atoms with Gasteiger partial charge in [0.05, 0.1) is 13.2 Å². The number of hydrogen-bond donors (Lipinski definition) is 0. The number of hydrogen-bond acceptors (Lipinski definition) is 3. The van der Waals surface area contributed by atoms with Crippen LogP contribution in [0.5, 0.6) is 0 Å². The Bertz CT molecular complexity index is 592. The quantitative estimate of drug-likeness (QED) is 0.813. The molecule has 114 valence electrons. The Kier molecular flexibility index (Phi) is 4.88. The van der Waals surface area contributed by atoms with Crippen molar-refractivity contribution in [3.8, 4) is 11.1 Å². The fourth-order valence-corrected chi connectivity index (χ4v) is 2.49. The van der Waals surface area contributed by atoms with E-state index in [1.165, 1.54) is 12.1 Å². The van der Waals surface area contributed by atoms with E-state index < -0.39 is 0 Å². The molecule has 0 saturated carbocycles. The van der Waals surface area contributed by atoms with E-state index in [4.69, 9.17) is 14.0 Å². The monoisotopic (exact) mass is 300 g/mol. The second-order valence-corrected chi connectivity index (χ2v) is 5.20. The highest BCUT2D eigenvalue weighted by molar-refractivity contribution is 6.61. The molecule has 1 heterocycles. The first kappa shape index (κ1) is 15.2. The van der Waals surface area contributed by atoms with Gasteiger partial charge in [-0.15, -0.1) is 0 Å². The van der Waals surface area contributed by atoms with E-state index >= 15 is 0 Å². The van der Waals surface area contributed by atoms with Gasteiger partial charge in [-0.2, -0.15) is 0 Å². The summed E-state index contributed by atoms with van der Waals surface area (Å²) in [5.74, 6) is -0.228. The molecule has 1 fully saturated rings. The fourth-order valence-electron chi connectivity index (χ4n) is 2.49. The second kappa shape index (κ2) is 7.05. The maximum atomic E-state index is 13.0. The van der Waals surface area contributed by atoms with Gasteiger partial charge in [0.15, 0.2) is 0 Å². The summed E-state index contributed by atoms with van der Waals surface area (Å²) >= 11 is 0. The molecule has 0 N–H and O–H groups in total. The summed E-state index contributed by atoms with van der Waals surface area (Å²) in [6.45, 7) is 3.70. The molecule has 2 aromatic carbocycles. The summed E-state index contributed by atoms with van der Waals surface area (Å²) in [6.07, 6.45) is 0.0136. The molecule has 0 radical (unpaired) electrons. The van der Waals surface area contributed by atoms with Crippen molar-refractivity contribution >= 4 is 12.6 Å². The van der Waals surface area contributed by atoms with Crippen LogP contribution in [0, 0.1) is 5.82 Å². The van der Waals surface area contributed by atoms with Gasteiger partial charge in [-0.25, -0.2) is 4.39 Å². The summed E-state index contributed by atoms with van der Waals surface area (Å²) in [5, 5.41) is 0. The smallest absolute Gasteiger partial charge is 0.404 e. The predicted molar refractivity (Wildman–Crippen MR) is 84.5 cm³/mol. The van der Waals surface area contributed by atoms with Gasteiger partial charge in [0.2, 0.25) is 0 Å². The molecule has 3 rings (SSSR count). The molecular formula is C17H18BFO3. The van der Waals surface area contributed by atoms with Crippen LogP contribution >= 0.6 is 0 Å². The molecule has 0 spiro atoms. The molecule has 1 saturated heterocycles. The highest BCUT2D eigenvalue weighted by Gasteiger charge is 2.29. The third-order valence-corrected chi connectivity index (χ3v) is 3.63. The van der Waals surface area contributed by atoms with E-state index in [2.05, 4.69) is 0 Å². The van der Waals surface area contributed by atoms with Crippen LogP contribution in [0.3, 0.4) is 0 Å². The Morgan fingerprint density at radius 1 is 1.00 bits per heavy atom. The molecule has 5 heteroatoms. The molecule has 0 atom stereocenters. The topological polar surface area (TPSA) is 27.7 Å². The van der Waals surface area contributed by atoms with Crippen LogP contribution < -0.4 is 5.46 Å². The molecular weight excluding hydrogens is 282 g/mol. The van der Waals surface area contributed by atoms with Gasteiger partial charge in [-0.05, 0) is 35.6 Å². The summed E-state index contributed by atoms with van der Waals surface area (Å²) in [6, 6.07) is 14.4. The molecule has 3 nitrogen and oxygen atoms in total. The van der Waals surface area contributed by atoms with E-state index in [-0.39, 0.29) is 19.0 Å². The second-order valence-electron chi connectivity index (χ2n) is 5.20. The largest absolute Gasteiger partial charge is 0.494 e. The zero-order chi connectivity index (χ0) is 15.4. The van der Waals surface area contributed by atoms with Crippen molar-refractivity contribution in [1.82, 2.24) is 0 Å². The lowest BCUT2D eigenvalue weighted by molar-refractivity contribution is -0.0376. The van der Waals surface area contributed by atoms with Crippen molar-refractivity contribution in [1.29, 1.82) is 0 Å². The van der Waals surface area contributed by atoms with Crippen molar-refractivity contribution in [3.05, 3.63) is 54.3 Å². The van der Waals surface area contributed by atoms with Gasteiger partial charge >= 0.3 is 7.12 Å². The summed E-state index contributed by atoms with van der Waals surface area (Å²) < 4.78 is 29.8. The summed E-state index contributed by atoms with van der Waals surface area (Å²) in [5.41, 5.74) is 2.99. The minimum absolute atomic E-state index is 0.0136. The molecule has 22 heavy (non-hydrogen) atoms. The Balaban J connectivity index is 1.66. The zero-order valence-electron chi connectivity index (χ0n) is 12.5. The predicted octanol–water partition coefficient (Wildman–Crippen LogP) is 2.64. The minimum atomic E-state index is -0.348. The van der Waals surface area contributed by atoms with Crippen molar-refractivity contribution in [3.63, 3.8) is 0 Å². The van der Waals surface area contributed by atoms with E-state index in [9.17, 15) is 4.39 Å². The maximum absolute atomic E-state index is 13.0. The fraction of sp³-hybridized carbons (Fsp3) is 0.294. The molecule has 0 unspecified atom stereocenters. The average molecular weight is 300 g/mol. The van der Waals surface area contributed by atoms with Crippen molar-refractivity contribution < 1.29 is 18.4 Å². The molecule has 0 bridgehead atoms. The van der Waals surface area contributed by atoms with Gasteiger partial charge in [0.1, 0.15) is 11.9 Å². The highest BCUT2D eigenvalue weighted by Crippen LogP contribution is 2.19.